The SMILES string of the molecule is COCOC1=CC=C(Cc2c(C)cc(O)cc2C)NC1C(C)C. The number of nitrogens with one attached hydrogen (secondary N) is 1. The van der Waals surface area contributed by atoms with E-state index >= 15 is 0 Å². The number of aromatic hydroxyl groups is 1. The van der Waals surface area contributed by atoms with Crippen molar-refractivity contribution in [2.45, 2.75) is 40.2 Å². The van der Waals surface area contributed by atoms with E-state index in [1.54, 1.807) is 7.11 Å². The van der Waals surface area contributed by atoms with Gasteiger partial charge in [0.15, 0.2) is 6.79 Å². The van der Waals surface area contributed by atoms with E-state index in [-0.39, 0.29) is 12.8 Å². The van der Waals surface area contributed by atoms with Gasteiger partial charge in [0.25, 0.3) is 0 Å². The highest BCUT2D eigenvalue weighted by Crippen LogP contribution is 2.25. The van der Waals surface area contributed by atoms with Crippen LogP contribution in [0.15, 0.2) is 35.7 Å². The fourth-order valence-electron chi connectivity index (χ4n) is 2.92. The average Bonchev–Trinajstić information content (AvgIpc) is 2.49. The molecule has 1 heterocycles. The number of ether oxygens (including phenoxy) is 2. The molecule has 126 valence electrons. The highest BCUT2D eigenvalue weighted by Gasteiger charge is 2.23. The second-order valence-corrected chi connectivity index (χ2v) is 6.41. The first-order chi connectivity index (χ1) is 10.9. The van der Waals surface area contributed by atoms with E-state index in [4.69, 9.17) is 9.47 Å². The number of methoxy groups -OCH3 is 1. The molecule has 0 spiro atoms. The van der Waals surface area contributed by atoms with Crippen LogP contribution in [0.4, 0.5) is 0 Å². The Hall–Kier alpha value is -1.94. The molecule has 1 atom stereocenters. The molecule has 0 aromatic heterocycles. The zero-order chi connectivity index (χ0) is 17.0. The minimum absolute atomic E-state index is 0.142. The predicted octanol–water partition coefficient (Wildman–Crippen LogP) is 3.57. The zero-order valence-electron chi connectivity index (χ0n) is 14.6. The molecule has 1 unspecified atom stereocenters. The van der Waals surface area contributed by atoms with Crippen molar-refractivity contribution in [2.24, 2.45) is 5.92 Å². The predicted molar refractivity (Wildman–Crippen MR) is 92.2 cm³/mol. The van der Waals surface area contributed by atoms with Crippen molar-refractivity contribution in [2.75, 3.05) is 13.9 Å². The van der Waals surface area contributed by atoms with Crippen LogP contribution >= 0.6 is 0 Å². The Morgan fingerprint density at radius 2 is 1.83 bits per heavy atom. The molecule has 0 aliphatic carbocycles. The molecule has 0 fully saturated rings. The maximum atomic E-state index is 9.69. The van der Waals surface area contributed by atoms with Gasteiger partial charge in [-0.05, 0) is 60.7 Å². The van der Waals surface area contributed by atoms with Crippen LogP contribution in [0.25, 0.3) is 0 Å². The zero-order valence-corrected chi connectivity index (χ0v) is 14.6. The summed E-state index contributed by atoms with van der Waals surface area (Å²) in [6.07, 6.45) is 4.91. The van der Waals surface area contributed by atoms with Crippen LogP contribution in [0, 0.1) is 19.8 Å². The van der Waals surface area contributed by atoms with Gasteiger partial charge in [-0.15, -0.1) is 0 Å². The Morgan fingerprint density at radius 3 is 2.39 bits per heavy atom. The van der Waals surface area contributed by atoms with Gasteiger partial charge >= 0.3 is 0 Å². The van der Waals surface area contributed by atoms with Gasteiger partial charge in [0.05, 0.1) is 6.04 Å². The fourth-order valence-corrected chi connectivity index (χ4v) is 2.92. The molecule has 1 aromatic carbocycles. The molecule has 4 heteroatoms. The first kappa shape index (κ1) is 17.4. The van der Waals surface area contributed by atoms with Crippen molar-refractivity contribution in [1.29, 1.82) is 0 Å². The lowest BCUT2D eigenvalue weighted by molar-refractivity contribution is -0.00440. The summed E-state index contributed by atoms with van der Waals surface area (Å²) in [4.78, 5) is 0. The van der Waals surface area contributed by atoms with Gasteiger partial charge in [0, 0.05) is 19.2 Å². The van der Waals surface area contributed by atoms with Gasteiger partial charge in [0.1, 0.15) is 11.5 Å². The van der Waals surface area contributed by atoms with Crippen LogP contribution in [-0.2, 0) is 15.9 Å². The molecular formula is C19H27NO3. The summed E-state index contributed by atoms with van der Waals surface area (Å²) in [5.74, 6) is 1.64. The molecule has 0 radical (unpaired) electrons. The lowest BCUT2D eigenvalue weighted by atomic mass is 9.94. The first-order valence-corrected chi connectivity index (χ1v) is 8.00. The van der Waals surface area contributed by atoms with E-state index in [0.29, 0.717) is 11.7 Å². The number of allylic oxidation sites excluding steroid dienone is 3. The number of benzene rings is 1. The number of aryl methyl sites for hydroxylation is 2. The van der Waals surface area contributed by atoms with Crippen molar-refractivity contribution in [3.05, 3.63) is 52.4 Å². The summed E-state index contributed by atoms with van der Waals surface area (Å²) in [7, 11) is 1.62. The second-order valence-electron chi connectivity index (χ2n) is 6.41. The van der Waals surface area contributed by atoms with Crippen LogP contribution in [0.5, 0.6) is 5.75 Å². The molecule has 2 rings (SSSR count). The molecule has 1 aliphatic heterocycles. The van der Waals surface area contributed by atoms with Crippen molar-refractivity contribution < 1.29 is 14.6 Å². The lowest BCUT2D eigenvalue weighted by Gasteiger charge is -2.30. The Labute approximate surface area is 138 Å². The first-order valence-electron chi connectivity index (χ1n) is 8.00. The summed E-state index contributed by atoms with van der Waals surface area (Å²) >= 11 is 0. The van der Waals surface area contributed by atoms with Gasteiger partial charge in [0.2, 0.25) is 0 Å². The number of hydrogen-bond donors (Lipinski definition) is 2. The summed E-state index contributed by atoms with van der Waals surface area (Å²) < 4.78 is 10.7. The molecule has 0 bridgehead atoms. The van der Waals surface area contributed by atoms with Gasteiger partial charge < -0.3 is 19.9 Å². The molecule has 1 aliphatic rings. The van der Waals surface area contributed by atoms with Crippen LogP contribution in [0.1, 0.15) is 30.5 Å². The Kier molecular flexibility index (Phi) is 5.72. The van der Waals surface area contributed by atoms with E-state index in [1.165, 1.54) is 5.56 Å². The van der Waals surface area contributed by atoms with Crippen LogP contribution < -0.4 is 5.32 Å². The third-order valence-corrected chi connectivity index (χ3v) is 4.15. The largest absolute Gasteiger partial charge is 0.508 e. The maximum Gasteiger partial charge on any atom is 0.188 e. The quantitative estimate of drug-likeness (QED) is 0.788. The third-order valence-electron chi connectivity index (χ3n) is 4.15. The lowest BCUT2D eigenvalue weighted by Crippen LogP contribution is -2.38. The van der Waals surface area contributed by atoms with Crippen molar-refractivity contribution in [3.63, 3.8) is 0 Å². The molecule has 0 saturated carbocycles. The molecule has 2 N–H and O–H groups in total. The van der Waals surface area contributed by atoms with Crippen molar-refractivity contribution >= 4 is 0 Å². The van der Waals surface area contributed by atoms with Crippen molar-refractivity contribution in [1.82, 2.24) is 5.32 Å². The molecular weight excluding hydrogens is 290 g/mol. The topological polar surface area (TPSA) is 50.7 Å². The summed E-state index contributed by atoms with van der Waals surface area (Å²) in [5.41, 5.74) is 4.62. The van der Waals surface area contributed by atoms with Gasteiger partial charge in [-0.2, -0.15) is 0 Å². The van der Waals surface area contributed by atoms with Crippen molar-refractivity contribution in [3.8, 4) is 5.75 Å². The second kappa shape index (κ2) is 7.55. The number of hydrogen-bond acceptors (Lipinski definition) is 4. The van der Waals surface area contributed by atoms with Crippen LogP contribution in [0.2, 0.25) is 0 Å². The van der Waals surface area contributed by atoms with Gasteiger partial charge in [-0.25, -0.2) is 0 Å². The normalized spacial score (nSPS) is 17.6. The smallest absolute Gasteiger partial charge is 0.188 e. The highest BCUT2D eigenvalue weighted by molar-refractivity contribution is 5.43. The standard InChI is InChI=1S/C19H27NO3/c1-12(2)19-18(23-11-22-5)7-6-15(20-19)10-17-13(3)8-16(21)9-14(17)4/h6-9,12,19-21H,10-11H2,1-5H3. The van der Waals surface area contributed by atoms with E-state index in [0.717, 1.165) is 29.0 Å². The Bertz CT molecular complexity index is 594. The molecule has 0 saturated heterocycles. The number of phenols is 1. The summed E-state index contributed by atoms with van der Waals surface area (Å²) in [6, 6.07) is 3.77. The highest BCUT2D eigenvalue weighted by atomic mass is 16.7. The summed E-state index contributed by atoms with van der Waals surface area (Å²) in [6.45, 7) is 8.67. The number of rotatable bonds is 6. The maximum absolute atomic E-state index is 9.69. The van der Waals surface area contributed by atoms with Gasteiger partial charge in [-0.3, -0.25) is 0 Å². The van der Waals surface area contributed by atoms with E-state index in [9.17, 15) is 5.11 Å². The molecule has 4 nitrogen and oxygen atoms in total. The average molecular weight is 317 g/mol. The van der Waals surface area contributed by atoms with E-state index in [1.807, 2.05) is 32.1 Å². The minimum Gasteiger partial charge on any atom is -0.508 e. The van der Waals surface area contributed by atoms with E-state index < -0.39 is 0 Å². The fraction of sp³-hybridized carbons (Fsp3) is 0.474. The van der Waals surface area contributed by atoms with Crippen LogP contribution in [0.3, 0.4) is 0 Å². The van der Waals surface area contributed by atoms with E-state index in [2.05, 4.69) is 25.2 Å². The number of phenolic OH excluding ortho intramolecular Hbond substituents is 1. The van der Waals surface area contributed by atoms with Crippen LogP contribution in [-0.4, -0.2) is 25.1 Å². The molecule has 0 amide bonds. The summed E-state index contributed by atoms with van der Waals surface area (Å²) in [5, 5.41) is 13.3. The monoisotopic (exact) mass is 317 g/mol. The third kappa shape index (κ3) is 4.29. The molecule has 23 heavy (non-hydrogen) atoms. The number of dihydropyridines is 1. The Balaban J connectivity index is 2.21. The molecule has 1 aromatic rings. The minimum atomic E-state index is 0.142. The van der Waals surface area contributed by atoms with Gasteiger partial charge in [-0.1, -0.05) is 13.8 Å². The Morgan fingerprint density at radius 1 is 1.17 bits per heavy atom.